The maximum absolute atomic E-state index is 4.32. The van der Waals surface area contributed by atoms with Crippen molar-refractivity contribution in [2.24, 2.45) is 4.99 Å². The molecule has 0 radical (unpaired) electrons. The number of rotatable bonds is 8. The second kappa shape index (κ2) is 13.1. The van der Waals surface area contributed by atoms with E-state index < -0.39 is 0 Å². The molecule has 0 spiro atoms. The largest absolute Gasteiger partial charge is 0.356 e. The summed E-state index contributed by atoms with van der Waals surface area (Å²) < 4.78 is 0. The minimum Gasteiger partial charge on any atom is -0.356 e. The molecule has 1 aliphatic heterocycles. The Balaban J connectivity index is 0.00000280. The smallest absolute Gasteiger partial charge is 0.191 e. The van der Waals surface area contributed by atoms with Gasteiger partial charge < -0.3 is 10.6 Å². The Morgan fingerprint density at radius 1 is 0.964 bits per heavy atom. The Bertz CT molecular complexity index is 669. The molecule has 0 saturated carbocycles. The molecule has 154 valence electrons. The van der Waals surface area contributed by atoms with E-state index in [-0.39, 0.29) is 24.0 Å². The van der Waals surface area contributed by atoms with Gasteiger partial charge in [-0.2, -0.15) is 0 Å². The standard InChI is InChI=1S/C21H31N5S.HI/c1-22-21(23-10-9-20-8-5-17-27-20)24-11-12-25-13-15-26(16-14-25)18-19-6-3-2-4-7-19;/h2-8,17H,9-16,18H2,1H3,(H2,22,23,24);1H. The van der Waals surface area contributed by atoms with Crippen molar-refractivity contribution in [3.05, 3.63) is 58.3 Å². The van der Waals surface area contributed by atoms with Crippen molar-refractivity contribution < 1.29 is 0 Å². The third kappa shape index (κ3) is 8.06. The van der Waals surface area contributed by atoms with Gasteiger partial charge in [-0.15, -0.1) is 35.3 Å². The van der Waals surface area contributed by atoms with Crippen molar-refractivity contribution in [1.29, 1.82) is 0 Å². The number of nitrogens with one attached hydrogen (secondary N) is 2. The van der Waals surface area contributed by atoms with Gasteiger partial charge in [0.15, 0.2) is 5.96 Å². The van der Waals surface area contributed by atoms with Crippen LogP contribution in [-0.2, 0) is 13.0 Å². The molecule has 3 rings (SSSR count). The quantitative estimate of drug-likeness (QED) is 0.324. The van der Waals surface area contributed by atoms with Gasteiger partial charge in [-0.25, -0.2) is 0 Å². The average molecular weight is 513 g/mol. The van der Waals surface area contributed by atoms with Gasteiger partial charge in [0, 0.05) is 64.3 Å². The molecule has 0 bridgehead atoms. The first-order chi connectivity index (χ1) is 13.3. The molecule has 2 heterocycles. The number of nitrogens with zero attached hydrogens (tertiary/aromatic N) is 3. The Morgan fingerprint density at radius 3 is 2.36 bits per heavy atom. The van der Waals surface area contributed by atoms with E-state index in [1.807, 2.05) is 18.4 Å². The van der Waals surface area contributed by atoms with Gasteiger partial charge in [-0.3, -0.25) is 14.8 Å². The molecule has 2 aromatic rings. The number of guanidine groups is 1. The molecule has 0 atom stereocenters. The van der Waals surface area contributed by atoms with E-state index in [1.165, 1.54) is 10.4 Å². The fourth-order valence-electron chi connectivity index (χ4n) is 3.32. The molecule has 1 aromatic heterocycles. The first kappa shape index (κ1) is 23.1. The molecule has 2 N–H and O–H groups in total. The molecule has 7 heteroatoms. The maximum atomic E-state index is 4.32. The summed E-state index contributed by atoms with van der Waals surface area (Å²) in [5, 5.41) is 8.96. The van der Waals surface area contributed by atoms with Gasteiger partial charge in [0.1, 0.15) is 0 Å². The van der Waals surface area contributed by atoms with Crippen LogP contribution in [0, 0.1) is 0 Å². The number of aliphatic imine (C=N–C) groups is 1. The average Bonchev–Trinajstić information content (AvgIpc) is 3.22. The van der Waals surface area contributed by atoms with Crippen LogP contribution in [-0.4, -0.2) is 68.6 Å². The molecule has 28 heavy (non-hydrogen) atoms. The molecule has 1 saturated heterocycles. The summed E-state index contributed by atoms with van der Waals surface area (Å²) in [5.41, 5.74) is 1.41. The second-order valence-corrected chi connectivity index (χ2v) is 7.89. The fourth-order valence-corrected chi connectivity index (χ4v) is 4.03. The van der Waals surface area contributed by atoms with Crippen LogP contribution in [0.3, 0.4) is 0 Å². The van der Waals surface area contributed by atoms with Crippen LogP contribution in [0.25, 0.3) is 0 Å². The van der Waals surface area contributed by atoms with E-state index in [0.29, 0.717) is 0 Å². The second-order valence-electron chi connectivity index (χ2n) is 6.86. The van der Waals surface area contributed by atoms with Gasteiger partial charge in [-0.1, -0.05) is 36.4 Å². The minimum atomic E-state index is 0. The Hall–Kier alpha value is -1.16. The van der Waals surface area contributed by atoms with Crippen LogP contribution in [0.1, 0.15) is 10.4 Å². The number of hydrogen-bond donors (Lipinski definition) is 2. The molecule has 1 aliphatic rings. The summed E-state index contributed by atoms with van der Waals surface area (Å²) in [4.78, 5) is 10.8. The van der Waals surface area contributed by atoms with Crippen molar-refractivity contribution >= 4 is 41.3 Å². The summed E-state index contributed by atoms with van der Waals surface area (Å²) in [7, 11) is 1.84. The van der Waals surface area contributed by atoms with Crippen LogP contribution < -0.4 is 10.6 Å². The highest BCUT2D eigenvalue weighted by Gasteiger charge is 2.16. The molecule has 1 aromatic carbocycles. The molecule has 5 nitrogen and oxygen atoms in total. The van der Waals surface area contributed by atoms with Crippen molar-refractivity contribution in [2.75, 3.05) is 52.9 Å². The van der Waals surface area contributed by atoms with E-state index in [4.69, 9.17) is 0 Å². The van der Waals surface area contributed by atoms with Crippen molar-refractivity contribution in [3.63, 3.8) is 0 Å². The van der Waals surface area contributed by atoms with E-state index in [0.717, 1.165) is 64.7 Å². The van der Waals surface area contributed by atoms with Crippen molar-refractivity contribution in [2.45, 2.75) is 13.0 Å². The van der Waals surface area contributed by atoms with E-state index in [1.54, 1.807) is 0 Å². The van der Waals surface area contributed by atoms with E-state index >= 15 is 0 Å². The summed E-state index contributed by atoms with van der Waals surface area (Å²) >= 11 is 1.81. The monoisotopic (exact) mass is 513 g/mol. The summed E-state index contributed by atoms with van der Waals surface area (Å²) in [6.07, 6.45) is 1.04. The number of thiophene rings is 1. The van der Waals surface area contributed by atoms with Crippen LogP contribution in [0.2, 0.25) is 0 Å². The van der Waals surface area contributed by atoms with E-state index in [2.05, 4.69) is 73.3 Å². The normalized spacial score (nSPS) is 15.8. The Kier molecular flexibility index (Phi) is 10.8. The highest BCUT2D eigenvalue weighted by Crippen LogP contribution is 2.09. The highest BCUT2D eigenvalue weighted by molar-refractivity contribution is 14.0. The Labute approximate surface area is 190 Å². The third-order valence-corrected chi connectivity index (χ3v) is 5.84. The van der Waals surface area contributed by atoms with Crippen molar-refractivity contribution in [1.82, 2.24) is 20.4 Å². The molecule has 0 amide bonds. The zero-order valence-corrected chi connectivity index (χ0v) is 19.8. The van der Waals surface area contributed by atoms with Gasteiger partial charge in [-0.05, 0) is 23.4 Å². The summed E-state index contributed by atoms with van der Waals surface area (Å²) in [5.74, 6) is 0.897. The zero-order chi connectivity index (χ0) is 18.7. The number of piperazine rings is 1. The molecule has 0 unspecified atom stereocenters. The number of halogens is 1. The fraction of sp³-hybridized carbons (Fsp3) is 0.476. The summed E-state index contributed by atoms with van der Waals surface area (Å²) in [6.45, 7) is 8.53. The SMILES string of the molecule is CN=C(NCCc1cccs1)NCCN1CCN(Cc2ccccc2)CC1.I. The maximum Gasteiger partial charge on any atom is 0.191 e. The van der Waals surface area contributed by atoms with Gasteiger partial charge in [0.05, 0.1) is 0 Å². The van der Waals surface area contributed by atoms with Gasteiger partial charge in [0.25, 0.3) is 0 Å². The predicted octanol–water partition coefficient (Wildman–Crippen LogP) is 2.89. The van der Waals surface area contributed by atoms with Crippen LogP contribution >= 0.6 is 35.3 Å². The third-order valence-electron chi connectivity index (χ3n) is 4.90. The molecule has 1 fully saturated rings. The van der Waals surface area contributed by atoms with E-state index in [9.17, 15) is 0 Å². The van der Waals surface area contributed by atoms with Gasteiger partial charge in [0.2, 0.25) is 0 Å². The van der Waals surface area contributed by atoms with Crippen LogP contribution in [0.4, 0.5) is 0 Å². The molecule has 0 aliphatic carbocycles. The highest BCUT2D eigenvalue weighted by atomic mass is 127. The van der Waals surface area contributed by atoms with Gasteiger partial charge >= 0.3 is 0 Å². The Morgan fingerprint density at radius 2 is 1.68 bits per heavy atom. The number of hydrogen-bond acceptors (Lipinski definition) is 4. The lowest BCUT2D eigenvalue weighted by Crippen LogP contribution is -2.49. The topological polar surface area (TPSA) is 42.9 Å². The number of benzene rings is 1. The minimum absolute atomic E-state index is 0. The first-order valence-corrected chi connectivity index (χ1v) is 10.7. The van der Waals surface area contributed by atoms with Crippen LogP contribution in [0.15, 0.2) is 52.8 Å². The summed E-state index contributed by atoms with van der Waals surface area (Å²) in [6, 6.07) is 15.0. The van der Waals surface area contributed by atoms with Crippen LogP contribution in [0.5, 0.6) is 0 Å². The lowest BCUT2D eigenvalue weighted by molar-refractivity contribution is 0.129. The molecular weight excluding hydrogens is 481 g/mol. The predicted molar refractivity (Wildman–Crippen MR) is 131 cm³/mol. The lowest BCUT2D eigenvalue weighted by Gasteiger charge is -2.34. The lowest BCUT2D eigenvalue weighted by atomic mass is 10.2. The van der Waals surface area contributed by atoms with Crippen molar-refractivity contribution in [3.8, 4) is 0 Å². The first-order valence-electron chi connectivity index (χ1n) is 9.79. The molecular formula is C21H32IN5S. The zero-order valence-electron chi connectivity index (χ0n) is 16.6.